The fourth-order valence-corrected chi connectivity index (χ4v) is 2.92. The van der Waals surface area contributed by atoms with Gasteiger partial charge in [0, 0.05) is 16.8 Å². The first kappa shape index (κ1) is 16.7. The van der Waals surface area contributed by atoms with Gasteiger partial charge in [-0.3, -0.25) is 9.78 Å². The summed E-state index contributed by atoms with van der Waals surface area (Å²) in [5, 5.41) is 7.54. The molecule has 1 N–H and O–H groups in total. The molecule has 0 aliphatic carbocycles. The number of carbonyl (C=O) groups excluding carboxylic acids is 1. The summed E-state index contributed by atoms with van der Waals surface area (Å²) in [5.41, 5.74) is 0.493. The van der Waals surface area contributed by atoms with E-state index in [0.29, 0.717) is 11.5 Å². The van der Waals surface area contributed by atoms with Gasteiger partial charge in [0.25, 0.3) is 11.7 Å². The summed E-state index contributed by atoms with van der Waals surface area (Å²) in [7, 11) is 1.77. The molecule has 0 aliphatic heterocycles. The molecular weight excluding hydrogens is 341 g/mol. The molecule has 0 fully saturated rings. The Labute approximate surface area is 147 Å². The molecule has 0 atom stereocenters. The van der Waals surface area contributed by atoms with Crippen molar-refractivity contribution in [1.82, 2.24) is 14.8 Å². The number of anilines is 1. The summed E-state index contributed by atoms with van der Waals surface area (Å²) >= 11 is 1.45. The Balaban J connectivity index is 1.70. The van der Waals surface area contributed by atoms with Crippen LogP contribution in [0.15, 0.2) is 58.7 Å². The van der Waals surface area contributed by atoms with Crippen LogP contribution < -0.4 is 5.32 Å². The monoisotopic (exact) mass is 353 g/mol. The van der Waals surface area contributed by atoms with E-state index in [0.717, 1.165) is 16.1 Å². The Morgan fingerprint density at radius 1 is 1.32 bits per heavy atom. The number of hydrogen-bond acceptors (Lipinski definition) is 4. The van der Waals surface area contributed by atoms with Crippen molar-refractivity contribution < 1.29 is 9.18 Å². The van der Waals surface area contributed by atoms with E-state index in [1.165, 1.54) is 24.0 Å². The minimum absolute atomic E-state index is 0.0602. The maximum Gasteiger partial charge on any atom is 0.296 e. The Morgan fingerprint density at radius 2 is 2.08 bits per heavy atom. The van der Waals surface area contributed by atoms with Crippen LogP contribution in [0.4, 0.5) is 15.9 Å². The lowest BCUT2D eigenvalue weighted by atomic mass is 10.2. The Bertz CT molecular complexity index is 962. The average molecular weight is 353 g/mol. The van der Waals surface area contributed by atoms with E-state index < -0.39 is 11.7 Å². The van der Waals surface area contributed by atoms with Crippen LogP contribution in [0.25, 0.3) is 4.85 Å². The van der Waals surface area contributed by atoms with Crippen LogP contribution in [0.3, 0.4) is 0 Å². The van der Waals surface area contributed by atoms with Crippen LogP contribution in [0.2, 0.25) is 0 Å². The molecule has 2 aromatic heterocycles. The van der Waals surface area contributed by atoms with Gasteiger partial charge in [0.1, 0.15) is 5.03 Å². The number of nitrogens with one attached hydrogen (secondary N) is 1. The van der Waals surface area contributed by atoms with Gasteiger partial charge >= 0.3 is 0 Å². The second-order valence-corrected chi connectivity index (χ2v) is 6.11. The lowest BCUT2D eigenvalue weighted by molar-refractivity contribution is 0.102. The Kier molecular flexibility index (Phi) is 4.77. The molecule has 25 heavy (non-hydrogen) atoms. The molecule has 1 aromatic carbocycles. The number of halogens is 1. The summed E-state index contributed by atoms with van der Waals surface area (Å²) < 4.78 is 15.2. The summed E-state index contributed by atoms with van der Waals surface area (Å²) in [6.07, 6.45) is 2.36. The smallest absolute Gasteiger partial charge is 0.296 e. The summed E-state index contributed by atoms with van der Waals surface area (Å²) in [6, 6.07) is 10.1. The number of amides is 1. The van der Waals surface area contributed by atoms with Crippen LogP contribution in [-0.2, 0) is 7.05 Å². The van der Waals surface area contributed by atoms with Gasteiger partial charge in [-0.25, -0.2) is 4.39 Å². The number of carbonyl (C=O) groups is 1. The third-order valence-electron chi connectivity index (χ3n) is 3.29. The summed E-state index contributed by atoms with van der Waals surface area (Å²) in [5.74, 6) is -0.860. The normalized spacial score (nSPS) is 10.3. The lowest BCUT2D eigenvalue weighted by Crippen LogP contribution is -2.13. The third-order valence-corrected chi connectivity index (χ3v) is 4.39. The zero-order chi connectivity index (χ0) is 17.8. The van der Waals surface area contributed by atoms with Gasteiger partial charge < -0.3 is 10.2 Å². The first-order valence-corrected chi connectivity index (χ1v) is 7.99. The van der Waals surface area contributed by atoms with Crippen molar-refractivity contribution in [3.05, 3.63) is 71.6 Å². The van der Waals surface area contributed by atoms with E-state index >= 15 is 0 Å². The van der Waals surface area contributed by atoms with Crippen molar-refractivity contribution >= 4 is 29.2 Å². The number of aryl methyl sites for hydroxylation is 1. The minimum Gasteiger partial charge on any atom is -0.359 e. The Hall–Kier alpha value is -3.18. The van der Waals surface area contributed by atoms with E-state index in [-0.39, 0.29) is 5.56 Å². The summed E-state index contributed by atoms with van der Waals surface area (Å²) in [6.45, 7) is 6.98. The fraction of sp³-hybridized carbons (Fsp3) is 0.0588. The van der Waals surface area contributed by atoms with Crippen molar-refractivity contribution in [3.63, 3.8) is 0 Å². The average Bonchev–Trinajstić information content (AvgIpc) is 2.97. The molecule has 0 unspecified atom stereocenters. The molecular formula is C17H12FN5OS. The van der Waals surface area contributed by atoms with E-state index in [2.05, 4.69) is 20.2 Å². The Morgan fingerprint density at radius 3 is 2.72 bits per heavy atom. The zero-order valence-corrected chi connectivity index (χ0v) is 13.9. The number of aromatic nitrogens is 3. The summed E-state index contributed by atoms with van der Waals surface area (Å²) in [4.78, 5) is 19.9. The highest BCUT2D eigenvalue weighted by Crippen LogP contribution is 2.30. The predicted octanol–water partition coefficient (Wildman–Crippen LogP) is 3.91. The van der Waals surface area contributed by atoms with Crippen LogP contribution in [-0.4, -0.2) is 20.7 Å². The van der Waals surface area contributed by atoms with Gasteiger partial charge in [0.05, 0.1) is 18.8 Å². The van der Waals surface area contributed by atoms with Crippen molar-refractivity contribution in [1.29, 1.82) is 0 Å². The highest BCUT2D eigenvalue weighted by molar-refractivity contribution is 7.99. The number of benzene rings is 1. The molecule has 3 aromatic rings. The first-order chi connectivity index (χ1) is 12.1. The largest absolute Gasteiger partial charge is 0.359 e. The van der Waals surface area contributed by atoms with E-state index in [1.807, 2.05) is 12.1 Å². The highest BCUT2D eigenvalue weighted by atomic mass is 32.2. The number of nitrogens with zero attached hydrogens (tertiary/aromatic N) is 4. The van der Waals surface area contributed by atoms with Gasteiger partial charge in [0.2, 0.25) is 0 Å². The molecule has 124 valence electrons. The van der Waals surface area contributed by atoms with Crippen molar-refractivity contribution in [2.24, 2.45) is 7.05 Å². The molecule has 0 saturated heterocycles. The van der Waals surface area contributed by atoms with Crippen LogP contribution in [0.5, 0.6) is 0 Å². The van der Waals surface area contributed by atoms with E-state index in [4.69, 9.17) is 6.57 Å². The van der Waals surface area contributed by atoms with Gasteiger partial charge in [0.15, 0.2) is 5.82 Å². The number of rotatable bonds is 4. The van der Waals surface area contributed by atoms with E-state index in [9.17, 15) is 9.18 Å². The minimum atomic E-state index is -0.668. The van der Waals surface area contributed by atoms with Crippen LogP contribution in [0.1, 0.15) is 10.4 Å². The third kappa shape index (κ3) is 3.84. The van der Waals surface area contributed by atoms with Gasteiger partial charge in [-0.1, -0.05) is 18.3 Å². The van der Waals surface area contributed by atoms with Gasteiger partial charge in [-0.2, -0.15) is 4.68 Å². The first-order valence-electron chi connectivity index (χ1n) is 7.17. The van der Waals surface area contributed by atoms with Gasteiger partial charge in [-0.05, 0) is 41.5 Å². The molecule has 0 radical (unpaired) electrons. The van der Waals surface area contributed by atoms with Crippen LogP contribution in [0, 0.1) is 12.4 Å². The molecule has 2 heterocycles. The van der Waals surface area contributed by atoms with E-state index in [1.54, 1.807) is 29.9 Å². The molecule has 3 rings (SSSR count). The lowest BCUT2D eigenvalue weighted by Gasteiger charge is -2.07. The standard InChI is InChI=1S/C17H12FN5OS/c1-19-15-9-16(23(2)22-15)25-12-5-3-11(4-6-12)21-17(24)13-7-8-20-10-14(13)18/h3-10H,2H3,(H,21,24). The van der Waals surface area contributed by atoms with Crippen molar-refractivity contribution in [3.8, 4) is 0 Å². The molecule has 0 bridgehead atoms. The van der Waals surface area contributed by atoms with Crippen molar-refractivity contribution in [2.45, 2.75) is 9.92 Å². The SMILES string of the molecule is [C-]#[N+]c1cc(Sc2ccc(NC(=O)c3ccncc3F)cc2)n(C)n1. The number of pyridine rings is 1. The maximum absolute atomic E-state index is 13.6. The fourth-order valence-electron chi connectivity index (χ4n) is 2.07. The molecule has 8 heteroatoms. The quantitative estimate of drug-likeness (QED) is 0.723. The zero-order valence-electron chi connectivity index (χ0n) is 13.1. The predicted molar refractivity (Wildman–Crippen MR) is 92.2 cm³/mol. The van der Waals surface area contributed by atoms with Gasteiger partial charge in [-0.15, -0.1) is 0 Å². The second kappa shape index (κ2) is 7.15. The number of hydrogen-bond donors (Lipinski definition) is 1. The molecule has 0 spiro atoms. The topological polar surface area (TPSA) is 64.2 Å². The van der Waals surface area contributed by atoms with Crippen LogP contribution >= 0.6 is 11.8 Å². The molecule has 0 saturated carbocycles. The molecule has 0 aliphatic rings. The molecule has 6 nitrogen and oxygen atoms in total. The second-order valence-electron chi connectivity index (χ2n) is 5.01. The maximum atomic E-state index is 13.6. The van der Waals surface area contributed by atoms with Crippen molar-refractivity contribution in [2.75, 3.05) is 5.32 Å². The molecule has 1 amide bonds. The highest BCUT2D eigenvalue weighted by Gasteiger charge is 2.12.